The lowest BCUT2D eigenvalue weighted by molar-refractivity contribution is 0.181. The van der Waals surface area contributed by atoms with Crippen molar-refractivity contribution in [3.63, 3.8) is 0 Å². The quantitative estimate of drug-likeness (QED) is 0.194. The molecule has 5 rings (SSSR count). The van der Waals surface area contributed by atoms with Gasteiger partial charge in [0.2, 0.25) is 0 Å². The Balaban J connectivity index is 1.59. The van der Waals surface area contributed by atoms with Gasteiger partial charge in [-0.15, -0.1) is 0 Å². The Bertz CT molecular complexity index is 1330. The van der Waals surface area contributed by atoms with Gasteiger partial charge in [-0.3, -0.25) is 4.90 Å². The zero-order valence-electron chi connectivity index (χ0n) is 23.0. The first-order valence-corrected chi connectivity index (χ1v) is 14.5. The molecule has 3 nitrogen and oxygen atoms in total. The van der Waals surface area contributed by atoms with Gasteiger partial charge in [0.05, 0.1) is 11.4 Å². The molecule has 0 saturated heterocycles. The Hall–Kier alpha value is -3.31. The van der Waals surface area contributed by atoms with E-state index in [1.165, 1.54) is 50.3 Å². The molecule has 0 N–H and O–H groups in total. The maximum absolute atomic E-state index is 14.9. The van der Waals surface area contributed by atoms with E-state index in [1.54, 1.807) is 0 Å². The Morgan fingerprint density at radius 3 is 2.23 bits per heavy atom. The van der Waals surface area contributed by atoms with Crippen molar-refractivity contribution >= 4 is 0 Å². The molecule has 1 aliphatic rings. The lowest BCUT2D eigenvalue weighted by atomic mass is 9.89. The van der Waals surface area contributed by atoms with E-state index in [9.17, 15) is 8.78 Å². The van der Waals surface area contributed by atoms with Crippen molar-refractivity contribution in [1.82, 2.24) is 14.5 Å². The van der Waals surface area contributed by atoms with Gasteiger partial charge in [0.1, 0.15) is 17.5 Å². The van der Waals surface area contributed by atoms with Gasteiger partial charge >= 0.3 is 0 Å². The summed E-state index contributed by atoms with van der Waals surface area (Å²) in [4.78, 5) is 7.57. The van der Waals surface area contributed by atoms with E-state index in [2.05, 4.69) is 52.8 Å². The number of halogens is 2. The molecule has 1 saturated carbocycles. The average molecular weight is 528 g/mol. The summed E-state index contributed by atoms with van der Waals surface area (Å²) in [6.07, 6.45) is 8.28. The molecule has 0 atom stereocenters. The third-order valence-electron chi connectivity index (χ3n) is 7.90. The van der Waals surface area contributed by atoms with Gasteiger partial charge in [0.25, 0.3) is 0 Å². The van der Waals surface area contributed by atoms with Crippen LogP contribution in [0.5, 0.6) is 0 Å². The standard InChI is InChI=1S/C34H39F2N3/c1-2-3-21-39-32(33(27-15-9-5-10-16-27)37-34(39)28-17-11-6-12-18-28)25-38(23-26-13-7-4-8-14-26)24-29-22-30(35)19-20-31(29)36/h5-6,9-12,15-20,22,26H,2-4,7-8,13-14,21,23-25H2,1H3. The molecule has 3 aromatic carbocycles. The highest BCUT2D eigenvalue weighted by atomic mass is 19.1. The fourth-order valence-corrected chi connectivity index (χ4v) is 5.88. The van der Waals surface area contributed by atoms with Crippen LogP contribution in [0.15, 0.2) is 78.9 Å². The van der Waals surface area contributed by atoms with Crippen LogP contribution in [-0.2, 0) is 19.6 Å². The molecule has 204 valence electrons. The third kappa shape index (κ3) is 6.83. The number of benzene rings is 3. The molecule has 0 aliphatic heterocycles. The van der Waals surface area contributed by atoms with Crippen molar-refractivity contribution in [2.75, 3.05) is 6.54 Å². The minimum absolute atomic E-state index is 0.349. The fraction of sp³-hybridized carbons (Fsp3) is 0.382. The van der Waals surface area contributed by atoms with E-state index < -0.39 is 5.82 Å². The van der Waals surface area contributed by atoms with Crippen LogP contribution in [-0.4, -0.2) is 21.0 Å². The highest BCUT2D eigenvalue weighted by molar-refractivity contribution is 5.68. The van der Waals surface area contributed by atoms with E-state index in [-0.39, 0.29) is 5.82 Å². The first-order valence-electron chi connectivity index (χ1n) is 14.5. The lowest BCUT2D eigenvalue weighted by Gasteiger charge is -2.30. The molecule has 39 heavy (non-hydrogen) atoms. The SMILES string of the molecule is CCCCn1c(-c2ccccc2)nc(-c2ccccc2)c1CN(Cc1cc(F)ccc1F)CC1CCCCC1. The molecule has 0 radical (unpaired) electrons. The van der Waals surface area contributed by atoms with Crippen LogP contribution in [0.3, 0.4) is 0 Å². The number of imidazole rings is 1. The number of nitrogens with zero attached hydrogens (tertiary/aromatic N) is 3. The summed E-state index contributed by atoms with van der Waals surface area (Å²) < 4.78 is 31.4. The fourth-order valence-electron chi connectivity index (χ4n) is 5.88. The molecule has 0 spiro atoms. The Labute approximate surface area is 231 Å². The summed E-state index contributed by atoms with van der Waals surface area (Å²) in [7, 11) is 0. The van der Waals surface area contributed by atoms with Crippen LogP contribution in [0.2, 0.25) is 0 Å². The molecule has 1 heterocycles. The van der Waals surface area contributed by atoms with E-state index in [4.69, 9.17) is 4.98 Å². The van der Waals surface area contributed by atoms with Gasteiger partial charge in [-0.2, -0.15) is 0 Å². The zero-order valence-corrected chi connectivity index (χ0v) is 23.0. The van der Waals surface area contributed by atoms with E-state index in [0.717, 1.165) is 54.3 Å². The topological polar surface area (TPSA) is 21.1 Å². The predicted molar refractivity (Wildman–Crippen MR) is 155 cm³/mol. The van der Waals surface area contributed by atoms with Crippen LogP contribution in [0.1, 0.15) is 63.1 Å². The maximum Gasteiger partial charge on any atom is 0.140 e. The molecule has 1 fully saturated rings. The predicted octanol–water partition coefficient (Wildman–Crippen LogP) is 8.88. The highest BCUT2D eigenvalue weighted by Crippen LogP contribution is 2.33. The minimum atomic E-state index is -0.395. The second kappa shape index (κ2) is 13.2. The van der Waals surface area contributed by atoms with Crippen LogP contribution in [0.4, 0.5) is 8.78 Å². The Morgan fingerprint density at radius 1 is 0.846 bits per heavy atom. The molecule has 1 aliphatic carbocycles. The summed E-state index contributed by atoms with van der Waals surface area (Å²) >= 11 is 0. The Kier molecular flexibility index (Phi) is 9.20. The largest absolute Gasteiger partial charge is 0.326 e. The zero-order chi connectivity index (χ0) is 27.0. The lowest BCUT2D eigenvalue weighted by Crippen LogP contribution is -2.31. The van der Waals surface area contributed by atoms with Crippen LogP contribution >= 0.6 is 0 Å². The van der Waals surface area contributed by atoms with Crippen LogP contribution < -0.4 is 0 Å². The summed E-state index contributed by atoms with van der Waals surface area (Å²) in [6, 6.07) is 24.5. The van der Waals surface area contributed by atoms with Crippen LogP contribution in [0.25, 0.3) is 22.6 Å². The molecule has 1 aromatic heterocycles. The molecule has 4 aromatic rings. The highest BCUT2D eigenvalue weighted by Gasteiger charge is 2.25. The third-order valence-corrected chi connectivity index (χ3v) is 7.90. The monoisotopic (exact) mass is 527 g/mol. The van der Waals surface area contributed by atoms with E-state index in [0.29, 0.717) is 24.6 Å². The van der Waals surface area contributed by atoms with Gasteiger partial charge < -0.3 is 4.57 Å². The number of unbranched alkanes of at least 4 members (excludes halogenated alkanes) is 1. The molecule has 0 unspecified atom stereocenters. The minimum Gasteiger partial charge on any atom is -0.326 e. The van der Waals surface area contributed by atoms with E-state index >= 15 is 0 Å². The number of hydrogen-bond acceptors (Lipinski definition) is 2. The molecule has 0 amide bonds. The summed E-state index contributed by atoms with van der Waals surface area (Å²) in [5.74, 6) is 0.787. The van der Waals surface area contributed by atoms with Crippen molar-refractivity contribution in [3.8, 4) is 22.6 Å². The van der Waals surface area contributed by atoms with Gasteiger partial charge in [-0.05, 0) is 43.4 Å². The van der Waals surface area contributed by atoms with Crippen molar-refractivity contribution in [2.45, 2.75) is 71.5 Å². The van der Waals surface area contributed by atoms with Gasteiger partial charge in [-0.1, -0.05) is 93.3 Å². The number of aromatic nitrogens is 2. The molecule has 5 heteroatoms. The van der Waals surface area contributed by atoms with E-state index in [1.807, 2.05) is 24.3 Å². The molecule has 0 bridgehead atoms. The van der Waals surface area contributed by atoms with Crippen molar-refractivity contribution in [1.29, 1.82) is 0 Å². The number of hydrogen-bond donors (Lipinski definition) is 0. The van der Waals surface area contributed by atoms with Crippen molar-refractivity contribution in [2.24, 2.45) is 5.92 Å². The summed E-state index contributed by atoms with van der Waals surface area (Å²) in [5, 5.41) is 0. The summed E-state index contributed by atoms with van der Waals surface area (Å²) in [6.45, 7) is 4.93. The second-order valence-electron chi connectivity index (χ2n) is 10.9. The number of rotatable bonds is 11. The first kappa shape index (κ1) is 27.3. The molecular weight excluding hydrogens is 488 g/mol. The first-order chi connectivity index (χ1) is 19.1. The van der Waals surface area contributed by atoms with Gasteiger partial charge in [0.15, 0.2) is 0 Å². The maximum atomic E-state index is 14.9. The van der Waals surface area contributed by atoms with Crippen LogP contribution in [0, 0.1) is 17.6 Å². The molecular formula is C34H39F2N3. The van der Waals surface area contributed by atoms with Crippen molar-refractivity contribution < 1.29 is 8.78 Å². The van der Waals surface area contributed by atoms with Crippen molar-refractivity contribution in [3.05, 3.63) is 102 Å². The normalized spacial score (nSPS) is 14.3. The average Bonchev–Trinajstić information content (AvgIpc) is 3.33. The van der Waals surface area contributed by atoms with Gasteiger partial charge in [-0.25, -0.2) is 13.8 Å². The Morgan fingerprint density at radius 2 is 1.54 bits per heavy atom. The second-order valence-corrected chi connectivity index (χ2v) is 10.9. The summed E-state index contributed by atoms with van der Waals surface area (Å²) in [5.41, 5.74) is 4.69. The smallest absolute Gasteiger partial charge is 0.140 e. The van der Waals surface area contributed by atoms with Gasteiger partial charge in [0, 0.05) is 42.9 Å².